The van der Waals surface area contributed by atoms with Gasteiger partial charge in [-0.3, -0.25) is 14.8 Å². The number of hydrogen-bond donors (Lipinski definition) is 0. The van der Waals surface area contributed by atoms with Crippen LogP contribution in [0.25, 0.3) is 0 Å². The lowest BCUT2D eigenvalue weighted by Gasteiger charge is -2.55. The summed E-state index contributed by atoms with van der Waals surface area (Å²) in [6.45, 7) is 6.84. The number of anilines is 1. The molecule has 1 atom stereocenters. The Kier molecular flexibility index (Phi) is 5.40. The molecule has 174 valence electrons. The lowest BCUT2D eigenvalue weighted by molar-refractivity contribution is 0.00121. The van der Waals surface area contributed by atoms with Gasteiger partial charge in [0, 0.05) is 35.7 Å². The first-order chi connectivity index (χ1) is 15.9. The SMILES string of the molecule is CC1(C)C(=S)N(c2ccc(C#N)cc2)C(=NC23CC4CC(CC(C4)C2)C3)[C@@H]1N1CCSCC1. The number of amidine groups is 1. The van der Waals surface area contributed by atoms with Crippen LogP contribution in [-0.4, -0.2) is 51.9 Å². The molecule has 4 bridgehead atoms. The van der Waals surface area contributed by atoms with Crippen LogP contribution in [0.3, 0.4) is 0 Å². The van der Waals surface area contributed by atoms with E-state index in [0.29, 0.717) is 5.56 Å². The summed E-state index contributed by atoms with van der Waals surface area (Å²) < 4.78 is 0. The molecule has 2 aliphatic heterocycles. The molecule has 0 amide bonds. The van der Waals surface area contributed by atoms with E-state index in [9.17, 15) is 5.26 Å². The molecule has 6 fully saturated rings. The maximum Gasteiger partial charge on any atom is 0.127 e. The Balaban J connectivity index is 1.47. The standard InChI is InChI=1S/C27H34N4S2/c1-26(2)23(30-7-9-33-10-8-30)24(31(25(26)32)22-5-3-18(17-28)4-6-22)29-27-14-19-11-20(15-27)13-21(12-19)16-27/h3-6,19-21,23H,7-16H2,1-2H3/t19?,20?,21?,23-,27?/m0/s1. The molecule has 0 radical (unpaired) electrons. The molecule has 6 heteroatoms. The molecule has 2 heterocycles. The molecule has 1 aromatic rings. The summed E-state index contributed by atoms with van der Waals surface area (Å²) in [6.07, 6.45) is 8.08. The van der Waals surface area contributed by atoms with Gasteiger partial charge < -0.3 is 0 Å². The Morgan fingerprint density at radius 3 is 2.12 bits per heavy atom. The van der Waals surface area contributed by atoms with Crippen molar-refractivity contribution in [3.8, 4) is 6.07 Å². The van der Waals surface area contributed by atoms with Gasteiger partial charge in [0.1, 0.15) is 5.84 Å². The molecule has 4 nitrogen and oxygen atoms in total. The van der Waals surface area contributed by atoms with Crippen molar-refractivity contribution in [1.82, 2.24) is 4.90 Å². The molecular formula is C27H34N4S2. The number of nitrogens with zero attached hydrogens (tertiary/aromatic N) is 4. The quantitative estimate of drug-likeness (QED) is 0.536. The number of rotatable bonds is 3. The van der Waals surface area contributed by atoms with Gasteiger partial charge in [0.15, 0.2) is 0 Å². The molecule has 2 saturated heterocycles. The normalized spacial score (nSPS) is 38.8. The maximum absolute atomic E-state index is 9.31. The fourth-order valence-electron chi connectivity index (χ4n) is 7.90. The largest absolute Gasteiger partial charge is 0.291 e. The summed E-state index contributed by atoms with van der Waals surface area (Å²) in [5.41, 5.74) is 1.69. The summed E-state index contributed by atoms with van der Waals surface area (Å²) in [5.74, 6) is 6.16. The zero-order valence-electron chi connectivity index (χ0n) is 19.8. The monoisotopic (exact) mass is 478 g/mol. The minimum Gasteiger partial charge on any atom is -0.291 e. The number of aliphatic imine (C=N–C) groups is 1. The van der Waals surface area contributed by atoms with Crippen LogP contribution in [0.1, 0.15) is 57.9 Å². The topological polar surface area (TPSA) is 42.6 Å². The molecule has 4 saturated carbocycles. The van der Waals surface area contributed by atoms with E-state index in [-0.39, 0.29) is 17.0 Å². The maximum atomic E-state index is 9.31. The van der Waals surface area contributed by atoms with Gasteiger partial charge in [-0.1, -0.05) is 26.1 Å². The van der Waals surface area contributed by atoms with Crippen molar-refractivity contribution in [1.29, 1.82) is 5.26 Å². The van der Waals surface area contributed by atoms with Crippen LogP contribution in [0, 0.1) is 34.5 Å². The Bertz CT molecular complexity index is 980. The molecular weight excluding hydrogens is 444 g/mol. The molecule has 7 rings (SSSR count). The minimum atomic E-state index is -0.160. The highest BCUT2D eigenvalue weighted by Crippen LogP contribution is 2.58. The van der Waals surface area contributed by atoms with Gasteiger partial charge >= 0.3 is 0 Å². The summed E-state index contributed by atoms with van der Waals surface area (Å²) >= 11 is 8.26. The van der Waals surface area contributed by atoms with Gasteiger partial charge in [-0.2, -0.15) is 17.0 Å². The van der Waals surface area contributed by atoms with Gasteiger partial charge in [-0.05, 0) is 80.5 Å². The lowest BCUT2D eigenvalue weighted by Crippen LogP contribution is -2.54. The third kappa shape index (κ3) is 3.66. The van der Waals surface area contributed by atoms with Gasteiger partial charge in [0.2, 0.25) is 0 Å². The average molecular weight is 479 g/mol. The molecule has 0 unspecified atom stereocenters. The van der Waals surface area contributed by atoms with E-state index in [0.717, 1.165) is 41.5 Å². The van der Waals surface area contributed by atoms with Crippen LogP contribution < -0.4 is 4.90 Å². The summed E-state index contributed by atoms with van der Waals surface area (Å²) in [5, 5.41) is 9.31. The second kappa shape index (κ2) is 8.07. The van der Waals surface area contributed by atoms with Gasteiger partial charge in [0.25, 0.3) is 0 Å². The number of nitriles is 1. The third-order valence-electron chi connectivity index (χ3n) is 8.93. The Labute approximate surface area is 207 Å². The van der Waals surface area contributed by atoms with Crippen LogP contribution in [0.15, 0.2) is 29.3 Å². The second-order valence-corrected chi connectivity index (χ2v) is 13.3. The predicted molar refractivity (Wildman–Crippen MR) is 141 cm³/mol. The van der Waals surface area contributed by atoms with Crippen LogP contribution >= 0.6 is 24.0 Å². The molecule has 4 aliphatic carbocycles. The Morgan fingerprint density at radius 2 is 1.58 bits per heavy atom. The number of thiocarbonyl (C=S) groups is 1. The Morgan fingerprint density at radius 1 is 1.00 bits per heavy atom. The first-order valence-electron chi connectivity index (χ1n) is 12.6. The lowest BCUT2D eigenvalue weighted by atomic mass is 9.53. The summed E-state index contributed by atoms with van der Waals surface area (Å²) in [7, 11) is 0. The van der Waals surface area contributed by atoms with Crippen LogP contribution in [0.4, 0.5) is 5.69 Å². The van der Waals surface area contributed by atoms with Crippen molar-refractivity contribution in [3.63, 3.8) is 0 Å². The summed E-state index contributed by atoms with van der Waals surface area (Å²) in [4.78, 5) is 11.7. The number of benzene rings is 1. The average Bonchev–Trinajstić information content (AvgIpc) is 2.98. The van der Waals surface area contributed by atoms with E-state index in [1.807, 2.05) is 12.1 Å². The third-order valence-corrected chi connectivity index (χ3v) is 10.6. The highest BCUT2D eigenvalue weighted by Gasteiger charge is 2.56. The smallest absolute Gasteiger partial charge is 0.127 e. The zero-order chi connectivity index (χ0) is 22.8. The van der Waals surface area contributed by atoms with Crippen LogP contribution in [0.2, 0.25) is 0 Å². The number of hydrogen-bond acceptors (Lipinski definition) is 5. The van der Waals surface area contributed by atoms with E-state index < -0.39 is 0 Å². The zero-order valence-corrected chi connectivity index (χ0v) is 21.4. The van der Waals surface area contributed by atoms with Crippen molar-refractivity contribution >= 4 is 40.5 Å². The summed E-state index contributed by atoms with van der Waals surface area (Å²) in [6, 6.07) is 10.4. The van der Waals surface area contributed by atoms with Gasteiger partial charge in [-0.15, -0.1) is 0 Å². The first-order valence-corrected chi connectivity index (χ1v) is 14.2. The second-order valence-electron chi connectivity index (χ2n) is 11.7. The van der Waals surface area contributed by atoms with Crippen LogP contribution in [-0.2, 0) is 0 Å². The highest BCUT2D eigenvalue weighted by molar-refractivity contribution is 7.99. The van der Waals surface area contributed by atoms with E-state index in [4.69, 9.17) is 17.2 Å². The van der Waals surface area contributed by atoms with E-state index >= 15 is 0 Å². The molecule has 33 heavy (non-hydrogen) atoms. The Hall–Kier alpha value is -1.42. The molecule has 1 aromatic carbocycles. The fraction of sp³-hybridized carbons (Fsp3) is 0.667. The molecule has 6 aliphatic rings. The van der Waals surface area contributed by atoms with Crippen molar-refractivity contribution in [2.75, 3.05) is 29.5 Å². The highest BCUT2D eigenvalue weighted by atomic mass is 32.2. The fourth-order valence-corrected chi connectivity index (χ4v) is 9.14. The van der Waals surface area contributed by atoms with Crippen molar-refractivity contribution in [2.45, 2.75) is 64.0 Å². The van der Waals surface area contributed by atoms with E-state index in [1.54, 1.807) is 0 Å². The predicted octanol–water partition coefficient (Wildman–Crippen LogP) is 5.52. The van der Waals surface area contributed by atoms with Gasteiger partial charge in [0.05, 0.1) is 28.2 Å². The van der Waals surface area contributed by atoms with Crippen molar-refractivity contribution < 1.29 is 0 Å². The molecule has 0 aromatic heterocycles. The van der Waals surface area contributed by atoms with Crippen LogP contribution in [0.5, 0.6) is 0 Å². The minimum absolute atomic E-state index is 0.105. The van der Waals surface area contributed by atoms with Crippen molar-refractivity contribution in [2.24, 2.45) is 28.2 Å². The van der Waals surface area contributed by atoms with E-state index in [1.165, 1.54) is 55.9 Å². The molecule has 0 spiro atoms. The van der Waals surface area contributed by atoms with Gasteiger partial charge in [-0.25, -0.2) is 0 Å². The number of thioether (sulfide) groups is 1. The van der Waals surface area contributed by atoms with Crippen molar-refractivity contribution in [3.05, 3.63) is 29.8 Å². The first kappa shape index (κ1) is 22.1. The van der Waals surface area contributed by atoms with E-state index in [2.05, 4.69) is 53.6 Å². The molecule has 0 N–H and O–H groups in total.